The number of hydrogen-bond donors (Lipinski definition) is 1. The quantitative estimate of drug-likeness (QED) is 0.889. The van der Waals surface area contributed by atoms with Crippen molar-refractivity contribution in [2.24, 2.45) is 0 Å². The second-order valence-corrected chi connectivity index (χ2v) is 4.07. The van der Waals surface area contributed by atoms with Crippen molar-refractivity contribution in [1.29, 1.82) is 5.26 Å². The summed E-state index contributed by atoms with van der Waals surface area (Å²) >= 11 is 0. The minimum atomic E-state index is 0.610. The van der Waals surface area contributed by atoms with Crippen molar-refractivity contribution < 1.29 is 4.74 Å². The van der Waals surface area contributed by atoms with E-state index in [0.717, 1.165) is 24.5 Å². The van der Waals surface area contributed by atoms with E-state index in [-0.39, 0.29) is 0 Å². The minimum Gasteiger partial charge on any atom is -0.497 e. The molecule has 4 nitrogen and oxygen atoms in total. The first kappa shape index (κ1) is 12.9. The summed E-state index contributed by atoms with van der Waals surface area (Å²) in [5.41, 5.74) is 1.81. The number of anilines is 1. The first-order valence-corrected chi connectivity index (χ1v) is 6.05. The first-order valence-electron chi connectivity index (χ1n) is 6.05. The third kappa shape index (κ3) is 3.71. The summed E-state index contributed by atoms with van der Waals surface area (Å²) in [4.78, 5) is 4.17. The van der Waals surface area contributed by atoms with E-state index in [1.165, 1.54) is 5.56 Å². The number of methoxy groups -OCH3 is 1. The second kappa shape index (κ2) is 6.41. The number of ether oxygens (including phenoxy) is 1. The molecule has 0 amide bonds. The molecule has 1 aromatic heterocycles. The lowest BCUT2D eigenvalue weighted by Gasteiger charge is -2.07. The standard InChI is InChI=1S/C15H15N3O/c1-19-14-4-2-3-12(9-14)5-7-17-15-10-13(11-16)6-8-18-15/h2-4,6,8-10H,5,7H2,1H3,(H,17,18). The highest BCUT2D eigenvalue weighted by atomic mass is 16.5. The number of nitriles is 1. The fraction of sp³-hybridized carbons (Fsp3) is 0.200. The predicted octanol–water partition coefficient (Wildman–Crippen LogP) is 2.62. The number of aromatic nitrogens is 1. The van der Waals surface area contributed by atoms with Crippen LogP contribution >= 0.6 is 0 Å². The fourth-order valence-corrected chi connectivity index (χ4v) is 1.76. The average Bonchev–Trinajstić information content (AvgIpc) is 2.48. The largest absolute Gasteiger partial charge is 0.497 e. The normalized spacial score (nSPS) is 9.68. The first-order chi connectivity index (χ1) is 9.31. The second-order valence-electron chi connectivity index (χ2n) is 4.07. The topological polar surface area (TPSA) is 57.9 Å². The number of rotatable bonds is 5. The molecule has 1 heterocycles. The maximum absolute atomic E-state index is 8.80. The third-order valence-corrected chi connectivity index (χ3v) is 2.74. The van der Waals surface area contributed by atoms with Crippen LogP contribution in [0.5, 0.6) is 5.75 Å². The highest BCUT2D eigenvalue weighted by Gasteiger charge is 1.98. The smallest absolute Gasteiger partial charge is 0.127 e. The van der Waals surface area contributed by atoms with E-state index in [2.05, 4.69) is 22.4 Å². The molecule has 0 aliphatic carbocycles. The van der Waals surface area contributed by atoms with Crippen molar-refractivity contribution in [3.63, 3.8) is 0 Å². The molecule has 1 N–H and O–H groups in total. The zero-order chi connectivity index (χ0) is 13.5. The fourth-order valence-electron chi connectivity index (χ4n) is 1.76. The van der Waals surface area contributed by atoms with Gasteiger partial charge in [0, 0.05) is 12.7 Å². The van der Waals surface area contributed by atoms with Gasteiger partial charge in [-0.2, -0.15) is 5.26 Å². The van der Waals surface area contributed by atoms with Crippen LogP contribution < -0.4 is 10.1 Å². The molecule has 0 aliphatic rings. The molecule has 19 heavy (non-hydrogen) atoms. The van der Waals surface area contributed by atoms with Crippen LogP contribution in [0.1, 0.15) is 11.1 Å². The van der Waals surface area contributed by atoms with E-state index >= 15 is 0 Å². The molecule has 0 unspecified atom stereocenters. The summed E-state index contributed by atoms with van der Waals surface area (Å²) in [6.45, 7) is 0.759. The molecule has 96 valence electrons. The van der Waals surface area contributed by atoms with Gasteiger partial charge in [0.25, 0.3) is 0 Å². The Balaban J connectivity index is 1.90. The van der Waals surface area contributed by atoms with Gasteiger partial charge < -0.3 is 10.1 Å². The maximum atomic E-state index is 8.80. The Bertz CT molecular complexity index is 590. The lowest BCUT2D eigenvalue weighted by atomic mass is 10.1. The van der Waals surface area contributed by atoms with Crippen molar-refractivity contribution in [3.8, 4) is 11.8 Å². The molecule has 0 atom stereocenters. The van der Waals surface area contributed by atoms with Gasteiger partial charge in [-0.3, -0.25) is 0 Å². The van der Waals surface area contributed by atoms with E-state index in [0.29, 0.717) is 5.56 Å². The van der Waals surface area contributed by atoms with Gasteiger partial charge in [0.05, 0.1) is 18.7 Å². The van der Waals surface area contributed by atoms with E-state index in [4.69, 9.17) is 10.00 Å². The maximum Gasteiger partial charge on any atom is 0.127 e. The van der Waals surface area contributed by atoms with Gasteiger partial charge in [-0.05, 0) is 36.2 Å². The summed E-state index contributed by atoms with van der Waals surface area (Å²) in [5.74, 6) is 1.59. The molecule has 0 saturated carbocycles. The molecule has 0 radical (unpaired) electrons. The highest BCUT2D eigenvalue weighted by molar-refractivity contribution is 5.42. The van der Waals surface area contributed by atoms with Crippen LogP contribution in [0.3, 0.4) is 0 Å². The van der Waals surface area contributed by atoms with E-state index in [1.807, 2.05) is 18.2 Å². The summed E-state index contributed by atoms with van der Waals surface area (Å²) in [5, 5.41) is 12.0. The van der Waals surface area contributed by atoms with Crippen molar-refractivity contribution in [1.82, 2.24) is 4.98 Å². The van der Waals surface area contributed by atoms with E-state index in [1.54, 1.807) is 25.4 Å². The minimum absolute atomic E-state index is 0.610. The van der Waals surface area contributed by atoms with E-state index < -0.39 is 0 Å². The number of pyridine rings is 1. The Labute approximate surface area is 112 Å². The van der Waals surface area contributed by atoms with Crippen molar-refractivity contribution in [2.45, 2.75) is 6.42 Å². The number of hydrogen-bond acceptors (Lipinski definition) is 4. The molecular formula is C15H15N3O. The zero-order valence-electron chi connectivity index (χ0n) is 10.8. The Morgan fingerprint density at radius 3 is 3.00 bits per heavy atom. The molecule has 4 heteroatoms. The SMILES string of the molecule is COc1cccc(CCNc2cc(C#N)ccn2)c1. The molecule has 0 bridgehead atoms. The Kier molecular flexibility index (Phi) is 4.35. The van der Waals surface area contributed by atoms with Crippen LogP contribution in [0.15, 0.2) is 42.6 Å². The molecule has 0 spiro atoms. The molecule has 1 aromatic carbocycles. The van der Waals surface area contributed by atoms with Crippen LogP contribution in [-0.2, 0) is 6.42 Å². The molecule has 2 rings (SSSR count). The van der Waals surface area contributed by atoms with Gasteiger partial charge >= 0.3 is 0 Å². The molecule has 0 fully saturated rings. The van der Waals surface area contributed by atoms with Crippen LogP contribution in [-0.4, -0.2) is 18.6 Å². The predicted molar refractivity (Wildman–Crippen MR) is 74.1 cm³/mol. The van der Waals surface area contributed by atoms with Gasteiger partial charge in [-0.25, -0.2) is 4.98 Å². The van der Waals surface area contributed by atoms with Gasteiger partial charge in [0.15, 0.2) is 0 Å². The van der Waals surface area contributed by atoms with E-state index in [9.17, 15) is 0 Å². The summed E-state index contributed by atoms with van der Waals surface area (Å²) in [6.07, 6.45) is 2.50. The molecule has 0 saturated heterocycles. The Hall–Kier alpha value is -2.54. The number of nitrogens with one attached hydrogen (secondary N) is 1. The zero-order valence-corrected chi connectivity index (χ0v) is 10.8. The summed E-state index contributed by atoms with van der Waals surface area (Å²) in [6, 6.07) is 13.5. The average molecular weight is 253 g/mol. The summed E-state index contributed by atoms with van der Waals surface area (Å²) in [7, 11) is 1.66. The lowest BCUT2D eigenvalue weighted by Crippen LogP contribution is -2.06. The summed E-state index contributed by atoms with van der Waals surface area (Å²) < 4.78 is 5.18. The highest BCUT2D eigenvalue weighted by Crippen LogP contribution is 2.13. The Morgan fingerprint density at radius 2 is 2.21 bits per heavy atom. The van der Waals surface area contributed by atoms with Crippen molar-refractivity contribution >= 4 is 5.82 Å². The van der Waals surface area contributed by atoms with Crippen molar-refractivity contribution in [3.05, 3.63) is 53.7 Å². The molecule has 2 aromatic rings. The third-order valence-electron chi connectivity index (χ3n) is 2.74. The van der Waals surface area contributed by atoms with Crippen molar-refractivity contribution in [2.75, 3.05) is 19.0 Å². The van der Waals surface area contributed by atoms with Gasteiger partial charge in [-0.1, -0.05) is 12.1 Å². The van der Waals surface area contributed by atoms with Crippen LogP contribution in [0, 0.1) is 11.3 Å². The van der Waals surface area contributed by atoms with Gasteiger partial charge in [0.1, 0.15) is 11.6 Å². The van der Waals surface area contributed by atoms with Crippen LogP contribution in [0.4, 0.5) is 5.82 Å². The number of nitrogens with zero attached hydrogens (tertiary/aromatic N) is 2. The lowest BCUT2D eigenvalue weighted by molar-refractivity contribution is 0.414. The molecular weight excluding hydrogens is 238 g/mol. The monoisotopic (exact) mass is 253 g/mol. The Morgan fingerprint density at radius 1 is 1.32 bits per heavy atom. The van der Waals surface area contributed by atoms with Crippen LogP contribution in [0.2, 0.25) is 0 Å². The number of benzene rings is 1. The van der Waals surface area contributed by atoms with Gasteiger partial charge in [0.2, 0.25) is 0 Å². The van der Waals surface area contributed by atoms with Crippen LogP contribution in [0.25, 0.3) is 0 Å². The molecule has 0 aliphatic heterocycles. The van der Waals surface area contributed by atoms with Gasteiger partial charge in [-0.15, -0.1) is 0 Å².